The molecule has 1 aliphatic carbocycles. The van der Waals surface area contributed by atoms with E-state index in [1.165, 1.54) is 12.8 Å². The second-order valence-electron chi connectivity index (χ2n) is 4.81. The third-order valence-corrected chi connectivity index (χ3v) is 3.69. The highest BCUT2D eigenvalue weighted by molar-refractivity contribution is 6.33. The third kappa shape index (κ3) is 2.33. The van der Waals surface area contributed by atoms with Gasteiger partial charge < -0.3 is 15.8 Å². The van der Waals surface area contributed by atoms with E-state index in [0.717, 1.165) is 18.9 Å². The predicted molar refractivity (Wildman–Crippen MR) is 68.2 cm³/mol. The second kappa shape index (κ2) is 4.35. The summed E-state index contributed by atoms with van der Waals surface area (Å²) in [5.74, 6) is 1.43. The minimum atomic E-state index is 0.324. The number of ether oxygens (including phenoxy) is 1. The van der Waals surface area contributed by atoms with Crippen LogP contribution in [-0.4, -0.2) is 23.7 Å². The Hall–Kier alpha value is -1.00. The van der Waals surface area contributed by atoms with Crippen molar-refractivity contribution in [1.82, 2.24) is 4.98 Å². The van der Waals surface area contributed by atoms with Crippen molar-refractivity contribution in [2.24, 2.45) is 5.92 Å². The summed E-state index contributed by atoms with van der Waals surface area (Å²) in [4.78, 5) is 4.23. The molecule has 0 amide bonds. The summed E-state index contributed by atoms with van der Waals surface area (Å²) in [6.45, 7) is 0.825. The summed E-state index contributed by atoms with van der Waals surface area (Å²) in [6, 6.07) is 2.05. The van der Waals surface area contributed by atoms with E-state index in [0.29, 0.717) is 28.7 Å². The first-order valence-electron chi connectivity index (χ1n) is 6.03. The van der Waals surface area contributed by atoms with E-state index >= 15 is 0 Å². The van der Waals surface area contributed by atoms with Gasteiger partial charge in [0.05, 0.1) is 29.1 Å². The molecule has 1 aliphatic heterocycles. The van der Waals surface area contributed by atoms with E-state index in [4.69, 9.17) is 22.1 Å². The second-order valence-corrected chi connectivity index (χ2v) is 5.22. The van der Waals surface area contributed by atoms with E-state index < -0.39 is 0 Å². The number of hydrogen-bond donors (Lipinski definition) is 2. The Morgan fingerprint density at radius 2 is 2.24 bits per heavy atom. The number of nitrogens with two attached hydrogens (primary N) is 1. The third-order valence-electron chi connectivity index (χ3n) is 3.41. The van der Waals surface area contributed by atoms with Crippen molar-refractivity contribution in [3.05, 3.63) is 17.3 Å². The van der Waals surface area contributed by atoms with Gasteiger partial charge in [0.15, 0.2) is 0 Å². The number of anilines is 2. The summed E-state index contributed by atoms with van der Waals surface area (Å²) < 4.78 is 5.77. The van der Waals surface area contributed by atoms with Crippen molar-refractivity contribution in [3.63, 3.8) is 0 Å². The Morgan fingerprint density at radius 3 is 2.94 bits per heavy atom. The number of pyridine rings is 1. The van der Waals surface area contributed by atoms with Gasteiger partial charge in [-0.05, 0) is 31.2 Å². The van der Waals surface area contributed by atoms with Crippen molar-refractivity contribution in [2.45, 2.75) is 31.4 Å². The summed E-state index contributed by atoms with van der Waals surface area (Å²) in [7, 11) is 0. The maximum absolute atomic E-state index is 6.11. The van der Waals surface area contributed by atoms with E-state index in [2.05, 4.69) is 10.3 Å². The molecular weight excluding hydrogens is 238 g/mol. The van der Waals surface area contributed by atoms with Crippen LogP contribution in [0.3, 0.4) is 0 Å². The normalized spacial score (nSPS) is 28.3. The summed E-state index contributed by atoms with van der Waals surface area (Å²) in [5.41, 5.74) is 6.21. The van der Waals surface area contributed by atoms with Gasteiger partial charge in [-0.15, -0.1) is 0 Å². The van der Waals surface area contributed by atoms with Gasteiger partial charge >= 0.3 is 0 Å². The fourth-order valence-electron chi connectivity index (χ4n) is 2.39. The van der Waals surface area contributed by atoms with Crippen molar-refractivity contribution in [2.75, 3.05) is 17.7 Å². The monoisotopic (exact) mass is 253 g/mol. The molecular formula is C12H16ClN3O. The zero-order valence-electron chi connectivity index (χ0n) is 9.53. The highest BCUT2D eigenvalue weighted by Crippen LogP contribution is 2.39. The molecule has 92 valence electrons. The highest BCUT2D eigenvalue weighted by Gasteiger charge is 2.40. The molecule has 0 aromatic carbocycles. The Balaban J connectivity index is 1.72. The maximum atomic E-state index is 6.11. The number of hydrogen-bond acceptors (Lipinski definition) is 4. The molecule has 0 radical (unpaired) electrons. The van der Waals surface area contributed by atoms with Crippen LogP contribution in [0.25, 0.3) is 0 Å². The van der Waals surface area contributed by atoms with Crippen molar-refractivity contribution in [1.29, 1.82) is 0 Å². The summed E-state index contributed by atoms with van der Waals surface area (Å²) >= 11 is 6.11. The Morgan fingerprint density at radius 1 is 1.41 bits per heavy atom. The van der Waals surface area contributed by atoms with Gasteiger partial charge in [0.25, 0.3) is 0 Å². The zero-order chi connectivity index (χ0) is 11.8. The van der Waals surface area contributed by atoms with E-state index in [1.807, 2.05) is 0 Å². The lowest BCUT2D eigenvalue weighted by atomic mass is 10.1. The lowest BCUT2D eigenvalue weighted by molar-refractivity contribution is 0.0898. The molecule has 1 saturated heterocycles. The van der Waals surface area contributed by atoms with Gasteiger partial charge in [0.1, 0.15) is 5.82 Å². The molecule has 2 aliphatic rings. The highest BCUT2D eigenvalue weighted by atomic mass is 35.5. The van der Waals surface area contributed by atoms with E-state index in [9.17, 15) is 0 Å². The van der Waals surface area contributed by atoms with Gasteiger partial charge in [0.2, 0.25) is 0 Å². The first-order valence-corrected chi connectivity index (χ1v) is 6.41. The van der Waals surface area contributed by atoms with Gasteiger partial charge in [0, 0.05) is 6.61 Å². The molecule has 0 spiro atoms. The Labute approximate surface area is 106 Å². The molecule has 4 nitrogen and oxygen atoms in total. The Bertz CT molecular complexity index is 422. The molecule has 3 N–H and O–H groups in total. The fourth-order valence-corrected chi connectivity index (χ4v) is 2.62. The molecule has 1 aromatic heterocycles. The van der Waals surface area contributed by atoms with Gasteiger partial charge in [-0.3, -0.25) is 0 Å². The topological polar surface area (TPSA) is 60.2 Å². The SMILES string of the molecule is Nc1cnc(NC2CCOC2C2CC2)c(Cl)c1. The van der Waals surface area contributed by atoms with Crippen LogP contribution in [0.5, 0.6) is 0 Å². The van der Waals surface area contributed by atoms with Gasteiger partial charge in [-0.1, -0.05) is 11.6 Å². The maximum Gasteiger partial charge on any atom is 0.145 e. The van der Waals surface area contributed by atoms with Crippen LogP contribution in [0.4, 0.5) is 11.5 Å². The van der Waals surface area contributed by atoms with Crippen LogP contribution >= 0.6 is 11.6 Å². The number of nitrogens with zero attached hydrogens (tertiary/aromatic N) is 1. The number of nitrogen functional groups attached to an aromatic ring is 1. The largest absolute Gasteiger partial charge is 0.397 e. The van der Waals surface area contributed by atoms with Crippen LogP contribution in [0.2, 0.25) is 5.02 Å². The lowest BCUT2D eigenvalue weighted by Gasteiger charge is -2.20. The van der Waals surface area contributed by atoms with Gasteiger partial charge in [-0.2, -0.15) is 0 Å². The van der Waals surface area contributed by atoms with Crippen LogP contribution < -0.4 is 11.1 Å². The quantitative estimate of drug-likeness (QED) is 0.868. The van der Waals surface area contributed by atoms with Crippen LogP contribution in [0.15, 0.2) is 12.3 Å². The fraction of sp³-hybridized carbons (Fsp3) is 0.583. The smallest absolute Gasteiger partial charge is 0.145 e. The summed E-state index contributed by atoms with van der Waals surface area (Å²) in [5, 5.41) is 3.96. The number of nitrogens with one attached hydrogen (secondary N) is 1. The Kier molecular flexibility index (Phi) is 2.84. The van der Waals surface area contributed by atoms with Crippen LogP contribution in [0.1, 0.15) is 19.3 Å². The molecule has 2 fully saturated rings. The molecule has 2 heterocycles. The minimum Gasteiger partial charge on any atom is -0.397 e. The van der Waals surface area contributed by atoms with E-state index in [1.54, 1.807) is 12.3 Å². The molecule has 5 heteroatoms. The number of halogens is 1. The predicted octanol–water partition coefficient (Wildman–Crippen LogP) is 2.30. The average molecular weight is 254 g/mol. The zero-order valence-corrected chi connectivity index (χ0v) is 10.3. The lowest BCUT2D eigenvalue weighted by Crippen LogP contribution is -2.31. The number of rotatable bonds is 3. The number of aromatic nitrogens is 1. The molecule has 0 bridgehead atoms. The van der Waals surface area contributed by atoms with Crippen LogP contribution in [-0.2, 0) is 4.74 Å². The van der Waals surface area contributed by atoms with Crippen molar-refractivity contribution >= 4 is 23.1 Å². The molecule has 1 aromatic rings. The van der Waals surface area contributed by atoms with Crippen molar-refractivity contribution in [3.8, 4) is 0 Å². The first-order chi connectivity index (χ1) is 8.24. The standard InChI is InChI=1S/C12H16ClN3O/c13-9-5-8(14)6-15-12(9)16-10-3-4-17-11(10)7-1-2-7/h5-7,10-11H,1-4,14H2,(H,15,16). The van der Waals surface area contributed by atoms with E-state index in [-0.39, 0.29) is 0 Å². The molecule has 17 heavy (non-hydrogen) atoms. The van der Waals surface area contributed by atoms with Crippen molar-refractivity contribution < 1.29 is 4.74 Å². The minimum absolute atomic E-state index is 0.324. The first kappa shape index (κ1) is 11.1. The molecule has 1 saturated carbocycles. The molecule has 3 rings (SSSR count). The molecule has 2 unspecified atom stereocenters. The molecule has 2 atom stereocenters. The summed E-state index contributed by atoms with van der Waals surface area (Å²) in [6.07, 6.45) is 5.53. The van der Waals surface area contributed by atoms with Crippen LogP contribution in [0, 0.1) is 5.92 Å². The average Bonchev–Trinajstić information content (AvgIpc) is 3.03. The van der Waals surface area contributed by atoms with Gasteiger partial charge in [-0.25, -0.2) is 4.98 Å².